The van der Waals surface area contributed by atoms with E-state index in [1.165, 1.54) is 5.56 Å². The lowest BCUT2D eigenvalue weighted by molar-refractivity contribution is -0.113. The minimum Gasteiger partial charge on any atom is -0.393 e. The van der Waals surface area contributed by atoms with Crippen LogP contribution in [0.1, 0.15) is 36.9 Å². The van der Waals surface area contributed by atoms with Crippen molar-refractivity contribution in [2.24, 2.45) is 5.92 Å². The number of amides is 2. The summed E-state index contributed by atoms with van der Waals surface area (Å²) in [4.78, 5) is 19.9. The van der Waals surface area contributed by atoms with Crippen LogP contribution in [0.5, 0.6) is 0 Å². The number of aromatic amines is 1. The van der Waals surface area contributed by atoms with Gasteiger partial charge >= 0.3 is 6.03 Å². The number of piperidine rings is 1. The second-order valence-corrected chi connectivity index (χ2v) is 8.74. The Morgan fingerprint density at radius 3 is 2.93 bits per heavy atom. The second-order valence-electron chi connectivity index (χ2n) is 8.74. The van der Waals surface area contributed by atoms with Gasteiger partial charge < -0.3 is 25.4 Å². The maximum absolute atomic E-state index is 12.7. The number of aliphatic hydroxyl groups is 2. The maximum atomic E-state index is 12.7. The van der Waals surface area contributed by atoms with Gasteiger partial charge in [-0.25, -0.2) is 4.79 Å². The molecule has 2 atom stereocenters. The first kappa shape index (κ1) is 20.2. The van der Waals surface area contributed by atoms with Gasteiger partial charge in [-0.05, 0) is 56.2 Å². The molecule has 4 rings (SSSR count). The maximum Gasteiger partial charge on any atom is 0.317 e. The molecule has 1 aliphatic carbocycles. The SMILES string of the molecule is Cc1ccc2[nH]c(CNC(=O)N(C)[C@@H]3CCCN(C(O)C4CC(O)C4)C3)cc2c1. The van der Waals surface area contributed by atoms with E-state index < -0.39 is 6.23 Å². The number of benzene rings is 1. The Hall–Kier alpha value is -2.09. The summed E-state index contributed by atoms with van der Waals surface area (Å²) in [6.07, 6.45) is 2.44. The van der Waals surface area contributed by atoms with Gasteiger partial charge in [0.2, 0.25) is 0 Å². The lowest BCUT2D eigenvalue weighted by Crippen LogP contribution is -2.56. The van der Waals surface area contributed by atoms with Crippen LogP contribution in [0.4, 0.5) is 4.79 Å². The van der Waals surface area contributed by atoms with Crippen molar-refractivity contribution < 1.29 is 15.0 Å². The number of hydrogen-bond acceptors (Lipinski definition) is 4. The zero-order valence-corrected chi connectivity index (χ0v) is 17.3. The predicted molar refractivity (Wildman–Crippen MR) is 112 cm³/mol. The summed E-state index contributed by atoms with van der Waals surface area (Å²) >= 11 is 0. The van der Waals surface area contributed by atoms with Crippen molar-refractivity contribution in [3.05, 3.63) is 35.5 Å². The highest BCUT2D eigenvalue weighted by atomic mass is 16.3. The molecule has 1 aliphatic heterocycles. The molecule has 2 aliphatic rings. The lowest BCUT2D eigenvalue weighted by atomic mass is 9.80. The fourth-order valence-electron chi connectivity index (χ4n) is 4.58. The number of carbonyl (C=O) groups is 1. The van der Waals surface area contributed by atoms with Crippen LogP contribution in [-0.4, -0.2) is 69.5 Å². The van der Waals surface area contributed by atoms with E-state index in [9.17, 15) is 15.0 Å². The number of H-pyrrole nitrogens is 1. The summed E-state index contributed by atoms with van der Waals surface area (Å²) in [5.74, 6) is 0.147. The van der Waals surface area contributed by atoms with Gasteiger partial charge in [0.05, 0.1) is 12.6 Å². The number of rotatable bonds is 5. The van der Waals surface area contributed by atoms with Crippen LogP contribution in [0.3, 0.4) is 0 Å². The van der Waals surface area contributed by atoms with E-state index in [-0.39, 0.29) is 24.1 Å². The normalized spacial score (nSPS) is 26.1. The van der Waals surface area contributed by atoms with Gasteiger partial charge in [-0.15, -0.1) is 0 Å². The second kappa shape index (κ2) is 8.34. The Balaban J connectivity index is 1.30. The molecule has 0 bridgehead atoms. The zero-order valence-electron chi connectivity index (χ0n) is 17.3. The molecule has 2 aromatic rings. The van der Waals surface area contributed by atoms with Gasteiger partial charge in [0.15, 0.2) is 0 Å². The van der Waals surface area contributed by atoms with Gasteiger partial charge in [0.1, 0.15) is 6.23 Å². The van der Waals surface area contributed by atoms with E-state index in [0.717, 1.165) is 36.0 Å². The summed E-state index contributed by atoms with van der Waals surface area (Å²) in [5.41, 5.74) is 3.27. The average molecular weight is 401 g/mol. The summed E-state index contributed by atoms with van der Waals surface area (Å²) in [6, 6.07) is 8.32. The first-order valence-electron chi connectivity index (χ1n) is 10.6. The van der Waals surface area contributed by atoms with Crippen LogP contribution in [0.25, 0.3) is 10.9 Å². The molecular formula is C22H32N4O3. The number of nitrogens with one attached hydrogen (secondary N) is 2. The predicted octanol–water partition coefficient (Wildman–Crippen LogP) is 2.17. The summed E-state index contributed by atoms with van der Waals surface area (Å²) in [5, 5.41) is 24.2. The molecule has 2 fully saturated rings. The van der Waals surface area contributed by atoms with E-state index in [4.69, 9.17) is 0 Å². The van der Waals surface area contributed by atoms with E-state index >= 15 is 0 Å². The van der Waals surface area contributed by atoms with Crippen LogP contribution in [0.15, 0.2) is 24.3 Å². The smallest absolute Gasteiger partial charge is 0.317 e. The van der Waals surface area contributed by atoms with Crippen molar-refractivity contribution in [1.82, 2.24) is 20.1 Å². The Bertz CT molecular complexity index is 861. The first-order valence-corrected chi connectivity index (χ1v) is 10.6. The van der Waals surface area contributed by atoms with Crippen molar-refractivity contribution in [3.8, 4) is 0 Å². The fraction of sp³-hybridized carbons (Fsp3) is 0.591. The Labute approximate surface area is 171 Å². The number of likely N-dealkylation sites (N-methyl/N-ethyl adjacent to an activating group) is 1. The van der Waals surface area contributed by atoms with Crippen molar-refractivity contribution in [3.63, 3.8) is 0 Å². The minimum absolute atomic E-state index is 0.0776. The number of nitrogens with zero attached hydrogens (tertiary/aromatic N) is 2. The topological polar surface area (TPSA) is 91.8 Å². The fourth-order valence-corrected chi connectivity index (χ4v) is 4.58. The molecule has 1 unspecified atom stereocenters. The molecule has 2 amide bonds. The quantitative estimate of drug-likeness (QED) is 0.619. The zero-order chi connectivity index (χ0) is 20.5. The molecule has 1 saturated carbocycles. The van der Waals surface area contributed by atoms with E-state index in [1.54, 1.807) is 4.90 Å². The highest BCUT2D eigenvalue weighted by Gasteiger charge is 2.38. The van der Waals surface area contributed by atoms with Crippen LogP contribution >= 0.6 is 0 Å². The molecule has 29 heavy (non-hydrogen) atoms. The molecule has 7 nitrogen and oxygen atoms in total. The molecule has 0 radical (unpaired) electrons. The number of likely N-dealkylation sites (tertiary alicyclic amines) is 1. The summed E-state index contributed by atoms with van der Waals surface area (Å²) < 4.78 is 0. The average Bonchev–Trinajstić information content (AvgIpc) is 3.10. The third-order valence-corrected chi connectivity index (χ3v) is 6.50. The Morgan fingerprint density at radius 2 is 2.17 bits per heavy atom. The largest absolute Gasteiger partial charge is 0.393 e. The molecule has 1 aromatic heterocycles. The highest BCUT2D eigenvalue weighted by Crippen LogP contribution is 2.33. The van der Waals surface area contributed by atoms with Gasteiger partial charge in [0.25, 0.3) is 0 Å². The molecule has 7 heteroatoms. The molecule has 0 spiro atoms. The summed E-state index contributed by atoms with van der Waals surface area (Å²) in [7, 11) is 1.83. The number of aromatic nitrogens is 1. The number of aryl methyl sites for hydroxylation is 1. The molecule has 1 saturated heterocycles. The third-order valence-electron chi connectivity index (χ3n) is 6.50. The number of carbonyl (C=O) groups excluding carboxylic acids is 1. The van der Waals surface area contributed by atoms with Crippen molar-refractivity contribution in [1.29, 1.82) is 0 Å². The minimum atomic E-state index is -0.521. The first-order chi connectivity index (χ1) is 13.9. The third kappa shape index (κ3) is 4.42. The van der Waals surface area contributed by atoms with Crippen LogP contribution in [0.2, 0.25) is 0 Å². The molecule has 2 heterocycles. The molecule has 1 aromatic carbocycles. The van der Waals surface area contributed by atoms with Gasteiger partial charge in [0, 0.05) is 43.3 Å². The van der Waals surface area contributed by atoms with E-state index in [1.807, 2.05) is 7.05 Å². The van der Waals surface area contributed by atoms with Crippen molar-refractivity contribution in [2.75, 3.05) is 20.1 Å². The van der Waals surface area contributed by atoms with Crippen molar-refractivity contribution in [2.45, 2.75) is 57.5 Å². The molecule has 158 valence electrons. The number of urea groups is 1. The van der Waals surface area contributed by atoms with Crippen LogP contribution in [-0.2, 0) is 6.54 Å². The van der Waals surface area contributed by atoms with E-state index in [2.05, 4.69) is 46.4 Å². The van der Waals surface area contributed by atoms with Gasteiger partial charge in [-0.2, -0.15) is 0 Å². The van der Waals surface area contributed by atoms with Crippen LogP contribution < -0.4 is 5.32 Å². The Kier molecular flexibility index (Phi) is 5.81. The number of fused-ring (bicyclic) bond motifs is 1. The lowest BCUT2D eigenvalue weighted by Gasteiger charge is -2.44. The van der Waals surface area contributed by atoms with E-state index in [0.29, 0.717) is 25.9 Å². The molecular weight excluding hydrogens is 368 g/mol. The van der Waals surface area contributed by atoms with Crippen LogP contribution in [0, 0.1) is 12.8 Å². The summed E-state index contributed by atoms with van der Waals surface area (Å²) in [6.45, 7) is 4.04. The number of hydrogen-bond donors (Lipinski definition) is 4. The molecule has 4 N–H and O–H groups in total. The van der Waals surface area contributed by atoms with Crippen molar-refractivity contribution >= 4 is 16.9 Å². The highest BCUT2D eigenvalue weighted by molar-refractivity contribution is 5.81. The van der Waals surface area contributed by atoms with Gasteiger partial charge in [-0.3, -0.25) is 4.90 Å². The standard InChI is InChI=1S/C22H32N4O3/c1-14-5-6-20-15(8-14)9-17(24-20)12-23-22(29)25(2)18-4-3-7-26(13-18)21(28)16-10-19(27)11-16/h5-6,8-9,16,18-19,21,24,27-28H,3-4,7,10-13H2,1-2H3,(H,23,29)/t16?,18-,19?,21?/m1/s1. The number of aliphatic hydroxyl groups excluding tert-OH is 2. The van der Waals surface area contributed by atoms with Gasteiger partial charge in [-0.1, -0.05) is 11.6 Å². The Morgan fingerprint density at radius 1 is 1.38 bits per heavy atom. The monoisotopic (exact) mass is 400 g/mol.